The van der Waals surface area contributed by atoms with Crippen molar-refractivity contribution in [3.63, 3.8) is 0 Å². The zero-order chi connectivity index (χ0) is 19.3. The Kier molecular flexibility index (Phi) is 5.69. The van der Waals surface area contributed by atoms with E-state index in [-0.39, 0.29) is 5.75 Å². The van der Waals surface area contributed by atoms with Crippen LogP contribution >= 0.6 is 15.9 Å². The highest BCUT2D eigenvalue weighted by molar-refractivity contribution is 9.10. The molecule has 3 aromatic rings. The molecule has 1 amide bonds. The lowest BCUT2D eigenvalue weighted by atomic mass is 9.85. The van der Waals surface area contributed by atoms with Crippen molar-refractivity contribution in [3.8, 4) is 5.75 Å². The van der Waals surface area contributed by atoms with Gasteiger partial charge in [0, 0.05) is 0 Å². The van der Waals surface area contributed by atoms with E-state index in [1.165, 1.54) is 12.3 Å². The first-order chi connectivity index (χ1) is 13.0. The zero-order valence-electron chi connectivity index (χ0n) is 14.2. The summed E-state index contributed by atoms with van der Waals surface area (Å²) in [6, 6.07) is 22.2. The van der Waals surface area contributed by atoms with Crippen molar-refractivity contribution in [1.29, 1.82) is 0 Å². The smallest absolute Gasteiger partial charge is 0.281 e. The monoisotopic (exact) mass is 424 g/mol. The third-order valence-electron chi connectivity index (χ3n) is 4.06. The molecule has 136 valence electrons. The molecule has 3 aromatic carbocycles. The average Bonchev–Trinajstić information content (AvgIpc) is 2.71. The third-order valence-corrected chi connectivity index (χ3v) is 4.70. The molecule has 0 bridgehead atoms. The molecule has 0 saturated heterocycles. The van der Waals surface area contributed by atoms with E-state index in [9.17, 15) is 15.0 Å². The van der Waals surface area contributed by atoms with Crippen molar-refractivity contribution in [2.75, 3.05) is 0 Å². The molecule has 6 heteroatoms. The second-order valence-corrected chi connectivity index (χ2v) is 6.71. The van der Waals surface area contributed by atoms with Crippen LogP contribution in [0.15, 0.2) is 88.4 Å². The van der Waals surface area contributed by atoms with Crippen LogP contribution in [-0.4, -0.2) is 22.3 Å². The van der Waals surface area contributed by atoms with E-state index in [1.807, 2.05) is 12.1 Å². The van der Waals surface area contributed by atoms with E-state index in [2.05, 4.69) is 26.5 Å². The van der Waals surface area contributed by atoms with Gasteiger partial charge in [-0.15, -0.1) is 0 Å². The molecule has 0 aliphatic rings. The molecule has 0 aliphatic carbocycles. The van der Waals surface area contributed by atoms with Gasteiger partial charge in [0.2, 0.25) is 0 Å². The van der Waals surface area contributed by atoms with Gasteiger partial charge in [-0.3, -0.25) is 4.79 Å². The van der Waals surface area contributed by atoms with Crippen LogP contribution < -0.4 is 5.43 Å². The lowest BCUT2D eigenvalue weighted by Crippen LogP contribution is -2.43. The number of benzene rings is 3. The number of hydrogen-bond acceptors (Lipinski definition) is 4. The minimum absolute atomic E-state index is 0.110. The molecule has 0 aromatic heterocycles. The summed E-state index contributed by atoms with van der Waals surface area (Å²) >= 11 is 3.22. The number of hydrazone groups is 1. The maximum Gasteiger partial charge on any atom is 0.281 e. The Balaban J connectivity index is 1.88. The fourth-order valence-corrected chi connectivity index (χ4v) is 3.03. The van der Waals surface area contributed by atoms with Gasteiger partial charge in [0.05, 0.1) is 10.7 Å². The number of phenols is 1. The number of nitrogens with one attached hydrogen (secondary N) is 1. The zero-order valence-corrected chi connectivity index (χ0v) is 15.8. The summed E-state index contributed by atoms with van der Waals surface area (Å²) in [6.45, 7) is 0. The van der Waals surface area contributed by atoms with Crippen molar-refractivity contribution >= 4 is 28.1 Å². The third kappa shape index (κ3) is 4.07. The summed E-state index contributed by atoms with van der Waals surface area (Å²) in [5.41, 5.74) is 2.08. The van der Waals surface area contributed by atoms with Crippen LogP contribution in [0.25, 0.3) is 0 Å². The van der Waals surface area contributed by atoms with Gasteiger partial charge in [0.25, 0.3) is 5.91 Å². The van der Waals surface area contributed by atoms with Gasteiger partial charge in [0.1, 0.15) is 5.75 Å². The average molecular weight is 425 g/mol. The van der Waals surface area contributed by atoms with Crippen molar-refractivity contribution in [2.24, 2.45) is 5.10 Å². The van der Waals surface area contributed by atoms with E-state index in [0.29, 0.717) is 21.2 Å². The summed E-state index contributed by atoms with van der Waals surface area (Å²) in [5.74, 6) is -0.562. The van der Waals surface area contributed by atoms with E-state index in [0.717, 1.165) is 0 Å². The predicted octanol–water partition coefficient (Wildman–Crippen LogP) is 3.54. The maximum absolute atomic E-state index is 12.9. The lowest BCUT2D eigenvalue weighted by molar-refractivity contribution is -0.136. The number of carbonyl (C=O) groups is 1. The minimum Gasteiger partial charge on any atom is -0.507 e. The Morgan fingerprint density at radius 3 is 2.04 bits per heavy atom. The number of phenolic OH excluding ortho intramolecular Hbond substituents is 1. The number of hydrogen-bond donors (Lipinski definition) is 3. The predicted molar refractivity (Wildman–Crippen MR) is 107 cm³/mol. The number of nitrogens with zero attached hydrogens (tertiary/aromatic N) is 1. The van der Waals surface area contributed by atoms with Crippen LogP contribution in [0.4, 0.5) is 0 Å². The molecule has 27 heavy (non-hydrogen) atoms. The number of aliphatic hydroxyl groups is 1. The SMILES string of the molecule is O=C(N/N=C\c1ccc(O)c(Br)c1)C(O)(c1ccccc1)c1ccccc1. The van der Waals surface area contributed by atoms with Crippen LogP contribution in [0.1, 0.15) is 16.7 Å². The Morgan fingerprint density at radius 2 is 1.52 bits per heavy atom. The Hall–Kier alpha value is -2.96. The molecule has 0 radical (unpaired) electrons. The van der Waals surface area contributed by atoms with Crippen molar-refractivity contribution in [2.45, 2.75) is 5.60 Å². The molecule has 0 atom stereocenters. The van der Waals surface area contributed by atoms with Crippen molar-refractivity contribution in [3.05, 3.63) is 100 Å². The van der Waals surface area contributed by atoms with Crippen LogP contribution in [0.5, 0.6) is 5.75 Å². The molecule has 0 fully saturated rings. The summed E-state index contributed by atoms with van der Waals surface area (Å²) in [7, 11) is 0. The molecule has 5 nitrogen and oxygen atoms in total. The van der Waals surface area contributed by atoms with Crippen LogP contribution in [0.2, 0.25) is 0 Å². The standard InChI is InChI=1S/C21H17BrN2O3/c22-18-13-15(11-12-19(18)25)14-23-24-20(26)21(27,16-7-3-1-4-8-16)17-9-5-2-6-10-17/h1-14,25,27H,(H,24,26)/b23-14-. The molecule has 0 aliphatic heterocycles. The summed E-state index contributed by atoms with van der Waals surface area (Å²) < 4.78 is 0.517. The molecular formula is C21H17BrN2O3. The van der Waals surface area contributed by atoms with Crippen LogP contribution in [0, 0.1) is 0 Å². The Bertz CT molecular complexity index is 920. The molecule has 3 N–H and O–H groups in total. The van der Waals surface area contributed by atoms with Gasteiger partial charge in [-0.05, 0) is 50.8 Å². The van der Waals surface area contributed by atoms with Crippen molar-refractivity contribution in [1.82, 2.24) is 5.43 Å². The van der Waals surface area contributed by atoms with E-state index in [4.69, 9.17) is 0 Å². The first kappa shape index (κ1) is 18.8. The number of amides is 1. The fourth-order valence-electron chi connectivity index (χ4n) is 2.64. The number of carbonyl (C=O) groups excluding carboxylic acids is 1. The van der Waals surface area contributed by atoms with Crippen LogP contribution in [0.3, 0.4) is 0 Å². The van der Waals surface area contributed by atoms with E-state index < -0.39 is 11.5 Å². The number of halogens is 1. The first-order valence-corrected chi connectivity index (χ1v) is 8.96. The lowest BCUT2D eigenvalue weighted by Gasteiger charge is -2.27. The fraction of sp³-hybridized carbons (Fsp3) is 0.0476. The van der Waals surface area contributed by atoms with Gasteiger partial charge in [-0.25, -0.2) is 5.43 Å². The highest BCUT2D eigenvalue weighted by atomic mass is 79.9. The van der Waals surface area contributed by atoms with Crippen LogP contribution in [-0.2, 0) is 10.4 Å². The first-order valence-electron chi connectivity index (χ1n) is 8.17. The van der Waals surface area contributed by atoms with Gasteiger partial charge >= 0.3 is 0 Å². The molecule has 3 rings (SSSR count). The molecule has 0 spiro atoms. The molecule has 0 unspecified atom stereocenters. The summed E-state index contributed by atoms with van der Waals surface area (Å²) in [5, 5.41) is 24.7. The second-order valence-electron chi connectivity index (χ2n) is 5.85. The highest BCUT2D eigenvalue weighted by Gasteiger charge is 2.39. The van der Waals surface area contributed by atoms with E-state index >= 15 is 0 Å². The number of aromatic hydroxyl groups is 1. The number of rotatable bonds is 5. The van der Waals surface area contributed by atoms with E-state index in [1.54, 1.807) is 60.7 Å². The summed E-state index contributed by atoms with van der Waals surface area (Å²) in [6.07, 6.45) is 1.43. The molecular weight excluding hydrogens is 408 g/mol. The van der Waals surface area contributed by atoms with Gasteiger partial charge in [0.15, 0.2) is 5.60 Å². The Morgan fingerprint density at radius 1 is 0.963 bits per heavy atom. The van der Waals surface area contributed by atoms with Gasteiger partial charge in [-0.2, -0.15) is 5.10 Å². The second kappa shape index (κ2) is 8.16. The topological polar surface area (TPSA) is 81.9 Å². The van der Waals surface area contributed by atoms with Crippen molar-refractivity contribution < 1.29 is 15.0 Å². The normalized spacial score (nSPS) is 11.5. The van der Waals surface area contributed by atoms with Gasteiger partial charge in [-0.1, -0.05) is 60.7 Å². The quantitative estimate of drug-likeness (QED) is 0.432. The van der Waals surface area contributed by atoms with Gasteiger partial charge < -0.3 is 10.2 Å². The highest BCUT2D eigenvalue weighted by Crippen LogP contribution is 2.30. The minimum atomic E-state index is -1.88. The Labute approximate surface area is 165 Å². The molecule has 0 heterocycles. The maximum atomic E-state index is 12.9. The largest absolute Gasteiger partial charge is 0.507 e. The summed E-state index contributed by atoms with van der Waals surface area (Å²) in [4.78, 5) is 12.9. The molecule has 0 saturated carbocycles.